The summed E-state index contributed by atoms with van der Waals surface area (Å²) in [6.45, 7) is 3.28. The van der Waals surface area contributed by atoms with E-state index >= 15 is 0 Å². The zero-order valence-electron chi connectivity index (χ0n) is 11.6. The number of nitrogens with one attached hydrogen (secondary N) is 2. The summed E-state index contributed by atoms with van der Waals surface area (Å²) < 4.78 is 10.4. The average molecular weight is 278 g/mol. The van der Waals surface area contributed by atoms with Crippen LogP contribution < -0.4 is 10.6 Å². The van der Waals surface area contributed by atoms with Crippen LogP contribution in [0.1, 0.15) is 18.4 Å². The smallest absolute Gasteiger partial charge is 0.407 e. The van der Waals surface area contributed by atoms with Crippen LogP contribution in [0.3, 0.4) is 0 Å². The molecule has 0 spiro atoms. The van der Waals surface area contributed by atoms with Crippen LogP contribution in [-0.2, 0) is 16.1 Å². The zero-order valence-corrected chi connectivity index (χ0v) is 11.6. The van der Waals surface area contributed by atoms with E-state index in [0.29, 0.717) is 19.2 Å². The van der Waals surface area contributed by atoms with E-state index in [9.17, 15) is 4.79 Å². The molecule has 1 aliphatic heterocycles. The quantitative estimate of drug-likeness (QED) is 0.777. The van der Waals surface area contributed by atoms with Gasteiger partial charge in [0.25, 0.3) is 0 Å². The van der Waals surface area contributed by atoms with Crippen molar-refractivity contribution < 1.29 is 14.3 Å². The Hall–Kier alpha value is -1.59. The van der Waals surface area contributed by atoms with E-state index < -0.39 is 0 Å². The Balaban J connectivity index is 1.51. The Labute approximate surface area is 119 Å². The average Bonchev–Trinajstić information content (AvgIpc) is 2.52. The number of amides is 1. The van der Waals surface area contributed by atoms with Gasteiger partial charge < -0.3 is 20.1 Å². The van der Waals surface area contributed by atoms with Gasteiger partial charge in [0.2, 0.25) is 0 Å². The van der Waals surface area contributed by atoms with Gasteiger partial charge in [0, 0.05) is 32.3 Å². The Kier molecular flexibility index (Phi) is 6.34. The third kappa shape index (κ3) is 5.59. The summed E-state index contributed by atoms with van der Waals surface area (Å²) in [7, 11) is 0. The Morgan fingerprint density at radius 1 is 1.20 bits per heavy atom. The minimum Gasteiger partial charge on any atom is -0.445 e. The highest BCUT2D eigenvalue weighted by atomic mass is 16.5. The first-order valence-electron chi connectivity index (χ1n) is 7.10. The largest absolute Gasteiger partial charge is 0.445 e. The third-order valence-corrected chi connectivity index (χ3v) is 3.26. The fourth-order valence-corrected chi connectivity index (χ4v) is 2.12. The predicted molar refractivity (Wildman–Crippen MR) is 76.5 cm³/mol. The molecule has 0 bridgehead atoms. The van der Waals surface area contributed by atoms with Crippen LogP contribution in [0.4, 0.5) is 4.79 Å². The minimum atomic E-state index is -0.373. The SMILES string of the molecule is O=C(NCCNC1CCOCC1)OCc1ccccc1. The third-order valence-electron chi connectivity index (χ3n) is 3.26. The van der Waals surface area contributed by atoms with Crippen LogP contribution in [0, 0.1) is 0 Å². The molecule has 1 aromatic carbocycles. The minimum absolute atomic E-state index is 0.306. The Morgan fingerprint density at radius 2 is 1.95 bits per heavy atom. The molecule has 2 rings (SSSR count). The van der Waals surface area contributed by atoms with Gasteiger partial charge in [-0.1, -0.05) is 30.3 Å². The van der Waals surface area contributed by atoms with E-state index in [1.807, 2.05) is 30.3 Å². The van der Waals surface area contributed by atoms with Gasteiger partial charge in [-0.25, -0.2) is 4.79 Å². The molecule has 1 saturated heterocycles. The van der Waals surface area contributed by atoms with Crippen LogP contribution >= 0.6 is 0 Å². The number of rotatable bonds is 6. The molecule has 20 heavy (non-hydrogen) atoms. The van der Waals surface area contributed by atoms with Gasteiger partial charge in [-0.3, -0.25) is 0 Å². The van der Waals surface area contributed by atoms with Crippen molar-refractivity contribution in [2.45, 2.75) is 25.5 Å². The highest BCUT2D eigenvalue weighted by molar-refractivity contribution is 5.67. The van der Waals surface area contributed by atoms with Crippen LogP contribution in [0.2, 0.25) is 0 Å². The summed E-state index contributed by atoms with van der Waals surface area (Å²) in [5, 5.41) is 6.14. The number of hydrogen-bond acceptors (Lipinski definition) is 4. The van der Waals surface area contributed by atoms with Crippen molar-refractivity contribution in [1.29, 1.82) is 0 Å². The molecule has 1 aromatic rings. The van der Waals surface area contributed by atoms with E-state index in [-0.39, 0.29) is 6.09 Å². The van der Waals surface area contributed by atoms with Crippen molar-refractivity contribution in [1.82, 2.24) is 10.6 Å². The Bertz CT molecular complexity index is 391. The van der Waals surface area contributed by atoms with Crippen LogP contribution in [0.25, 0.3) is 0 Å². The number of hydrogen-bond donors (Lipinski definition) is 2. The summed E-state index contributed by atoms with van der Waals surface area (Å²) >= 11 is 0. The second kappa shape index (κ2) is 8.55. The second-order valence-corrected chi connectivity index (χ2v) is 4.83. The van der Waals surface area contributed by atoms with E-state index in [2.05, 4.69) is 10.6 Å². The van der Waals surface area contributed by atoms with Gasteiger partial charge >= 0.3 is 6.09 Å². The molecule has 5 heteroatoms. The molecule has 1 fully saturated rings. The lowest BCUT2D eigenvalue weighted by atomic mass is 10.1. The molecule has 0 saturated carbocycles. The maximum Gasteiger partial charge on any atom is 0.407 e. The molecule has 110 valence electrons. The second-order valence-electron chi connectivity index (χ2n) is 4.83. The monoisotopic (exact) mass is 278 g/mol. The first kappa shape index (κ1) is 14.8. The summed E-state index contributed by atoms with van der Waals surface area (Å²) in [5.74, 6) is 0. The van der Waals surface area contributed by atoms with Crippen molar-refractivity contribution in [3.05, 3.63) is 35.9 Å². The maximum absolute atomic E-state index is 11.5. The predicted octanol–water partition coefficient (Wildman–Crippen LogP) is 1.68. The summed E-state index contributed by atoms with van der Waals surface area (Å²) in [6.07, 6.45) is 1.71. The van der Waals surface area contributed by atoms with E-state index in [1.54, 1.807) is 0 Å². The van der Waals surface area contributed by atoms with Gasteiger partial charge in [-0.2, -0.15) is 0 Å². The van der Waals surface area contributed by atoms with Gasteiger partial charge in [-0.05, 0) is 18.4 Å². The number of alkyl carbamates (subject to hydrolysis) is 1. The Morgan fingerprint density at radius 3 is 2.70 bits per heavy atom. The first-order chi connectivity index (χ1) is 9.84. The molecule has 1 amide bonds. The zero-order chi connectivity index (χ0) is 14.0. The van der Waals surface area contributed by atoms with Crippen molar-refractivity contribution in [3.8, 4) is 0 Å². The van der Waals surface area contributed by atoms with Crippen molar-refractivity contribution in [3.63, 3.8) is 0 Å². The van der Waals surface area contributed by atoms with Gasteiger partial charge in [0.05, 0.1) is 0 Å². The maximum atomic E-state index is 11.5. The number of ether oxygens (including phenoxy) is 2. The van der Waals surface area contributed by atoms with E-state index in [0.717, 1.165) is 38.2 Å². The van der Waals surface area contributed by atoms with E-state index in [4.69, 9.17) is 9.47 Å². The summed E-state index contributed by atoms with van der Waals surface area (Å²) in [4.78, 5) is 11.5. The number of benzene rings is 1. The standard InChI is InChI=1S/C15H22N2O3/c18-15(20-12-13-4-2-1-3-5-13)17-9-8-16-14-6-10-19-11-7-14/h1-5,14,16H,6-12H2,(H,17,18). The van der Waals surface area contributed by atoms with Crippen molar-refractivity contribution in [2.24, 2.45) is 0 Å². The topological polar surface area (TPSA) is 59.6 Å². The first-order valence-corrected chi connectivity index (χ1v) is 7.10. The van der Waals surface area contributed by atoms with Crippen molar-refractivity contribution >= 4 is 6.09 Å². The number of carbonyl (C=O) groups excluding carboxylic acids is 1. The molecular weight excluding hydrogens is 256 g/mol. The molecule has 1 aliphatic rings. The highest BCUT2D eigenvalue weighted by Gasteiger charge is 2.12. The van der Waals surface area contributed by atoms with Gasteiger partial charge in [0.15, 0.2) is 0 Å². The van der Waals surface area contributed by atoms with Crippen LogP contribution in [0.5, 0.6) is 0 Å². The molecule has 2 N–H and O–H groups in total. The molecule has 0 aliphatic carbocycles. The molecule has 0 radical (unpaired) electrons. The lowest BCUT2D eigenvalue weighted by Crippen LogP contribution is -2.39. The van der Waals surface area contributed by atoms with Crippen LogP contribution in [-0.4, -0.2) is 38.4 Å². The number of carbonyl (C=O) groups is 1. The molecule has 5 nitrogen and oxygen atoms in total. The summed E-state index contributed by atoms with van der Waals surface area (Å²) in [5.41, 5.74) is 0.989. The van der Waals surface area contributed by atoms with E-state index in [1.165, 1.54) is 0 Å². The molecule has 1 heterocycles. The summed E-state index contributed by atoms with van der Waals surface area (Å²) in [6, 6.07) is 10.2. The molecular formula is C15H22N2O3. The molecule has 0 atom stereocenters. The lowest BCUT2D eigenvalue weighted by molar-refractivity contribution is 0.0780. The van der Waals surface area contributed by atoms with Gasteiger partial charge in [-0.15, -0.1) is 0 Å². The van der Waals surface area contributed by atoms with Crippen LogP contribution in [0.15, 0.2) is 30.3 Å². The highest BCUT2D eigenvalue weighted by Crippen LogP contribution is 2.05. The molecule has 0 aromatic heterocycles. The lowest BCUT2D eigenvalue weighted by Gasteiger charge is -2.23. The fourth-order valence-electron chi connectivity index (χ4n) is 2.12. The normalized spacial score (nSPS) is 15.8. The van der Waals surface area contributed by atoms with Gasteiger partial charge in [0.1, 0.15) is 6.61 Å². The van der Waals surface area contributed by atoms with Crippen molar-refractivity contribution in [2.75, 3.05) is 26.3 Å². The fraction of sp³-hybridized carbons (Fsp3) is 0.533. The molecule has 0 unspecified atom stereocenters.